The van der Waals surface area contributed by atoms with Crippen LogP contribution in [0.4, 0.5) is 0 Å². The summed E-state index contributed by atoms with van der Waals surface area (Å²) in [6.45, 7) is 4.17. The molecule has 0 radical (unpaired) electrons. The zero-order valence-corrected chi connectivity index (χ0v) is 12.1. The fourth-order valence-corrected chi connectivity index (χ4v) is 1.66. The molecule has 0 amide bonds. The Labute approximate surface area is 117 Å². The molecule has 0 aliphatic heterocycles. The van der Waals surface area contributed by atoms with Crippen LogP contribution < -0.4 is 0 Å². The van der Waals surface area contributed by atoms with Crippen LogP contribution in [-0.4, -0.2) is 25.2 Å². The van der Waals surface area contributed by atoms with E-state index in [9.17, 15) is 9.59 Å². The molecule has 0 N–H and O–H groups in total. The van der Waals surface area contributed by atoms with Crippen LogP contribution in [0.5, 0.6) is 0 Å². The highest BCUT2D eigenvalue weighted by molar-refractivity contribution is 6.56. The Kier molecular flexibility index (Phi) is 9.79. The van der Waals surface area contributed by atoms with Gasteiger partial charge in [0.25, 0.3) is 0 Å². The third-order valence-corrected chi connectivity index (χ3v) is 2.67. The fraction of sp³-hybridized carbons (Fsp3) is 0.667. The normalized spacial score (nSPS) is 9.78. The van der Waals surface area contributed by atoms with E-state index in [2.05, 4.69) is 0 Å². The highest BCUT2D eigenvalue weighted by atomic mass is 35.5. The second-order valence-corrected chi connectivity index (χ2v) is 4.42. The summed E-state index contributed by atoms with van der Waals surface area (Å²) in [7, 11) is 0. The number of carbonyl (C=O) groups is 2. The minimum absolute atomic E-state index is 0.101. The van der Waals surface area contributed by atoms with Gasteiger partial charge in [-0.25, -0.2) is 0 Å². The predicted molar refractivity (Wildman–Crippen MR) is 70.5 cm³/mol. The molecular weight excluding hydrogens is 279 g/mol. The van der Waals surface area contributed by atoms with E-state index in [0.29, 0.717) is 31.6 Å². The highest BCUT2D eigenvalue weighted by Crippen LogP contribution is 2.23. The third kappa shape index (κ3) is 8.37. The van der Waals surface area contributed by atoms with E-state index in [1.807, 2.05) is 0 Å². The van der Waals surface area contributed by atoms with Gasteiger partial charge in [0, 0.05) is 12.8 Å². The summed E-state index contributed by atoms with van der Waals surface area (Å²) in [6.07, 6.45) is 1.19. The Morgan fingerprint density at radius 2 is 1.22 bits per heavy atom. The second-order valence-electron chi connectivity index (χ2n) is 3.47. The average molecular weight is 297 g/mol. The molecule has 0 aliphatic rings. The minimum Gasteiger partial charge on any atom is -0.466 e. The molecule has 0 atom stereocenters. The molecule has 0 aromatic rings. The number of halogens is 2. The van der Waals surface area contributed by atoms with Crippen molar-refractivity contribution >= 4 is 35.1 Å². The van der Waals surface area contributed by atoms with E-state index in [4.69, 9.17) is 32.7 Å². The minimum atomic E-state index is -0.305. The number of carbonyl (C=O) groups excluding carboxylic acids is 2. The maximum atomic E-state index is 11.2. The van der Waals surface area contributed by atoms with Gasteiger partial charge in [0.2, 0.25) is 0 Å². The molecule has 0 rings (SSSR count). The quantitative estimate of drug-likeness (QED) is 0.645. The van der Waals surface area contributed by atoms with Crippen molar-refractivity contribution in [2.75, 3.05) is 13.2 Å². The van der Waals surface area contributed by atoms with Crippen LogP contribution in [0.2, 0.25) is 0 Å². The molecule has 0 bridgehead atoms. The Morgan fingerprint density at radius 1 is 0.833 bits per heavy atom. The van der Waals surface area contributed by atoms with E-state index < -0.39 is 0 Å². The van der Waals surface area contributed by atoms with Crippen molar-refractivity contribution in [2.24, 2.45) is 0 Å². The monoisotopic (exact) mass is 296 g/mol. The van der Waals surface area contributed by atoms with Crippen LogP contribution in [0.3, 0.4) is 0 Å². The Bertz CT molecular complexity index is 285. The Hall–Kier alpha value is -0.740. The van der Waals surface area contributed by atoms with Crippen molar-refractivity contribution in [3.05, 3.63) is 10.1 Å². The summed E-state index contributed by atoms with van der Waals surface area (Å²) < 4.78 is 9.69. The van der Waals surface area contributed by atoms with Gasteiger partial charge in [0.1, 0.15) is 4.49 Å². The van der Waals surface area contributed by atoms with Crippen LogP contribution in [0.25, 0.3) is 0 Å². The zero-order valence-electron chi connectivity index (χ0n) is 10.6. The molecule has 0 spiro atoms. The molecular formula is C12H18Cl2O4. The molecule has 0 unspecified atom stereocenters. The first-order valence-corrected chi connectivity index (χ1v) is 6.61. The zero-order chi connectivity index (χ0) is 14.0. The molecule has 0 saturated heterocycles. The van der Waals surface area contributed by atoms with Gasteiger partial charge < -0.3 is 9.47 Å². The van der Waals surface area contributed by atoms with Gasteiger partial charge in [-0.3, -0.25) is 9.59 Å². The van der Waals surface area contributed by atoms with Crippen molar-refractivity contribution in [3.63, 3.8) is 0 Å². The fourth-order valence-electron chi connectivity index (χ4n) is 1.29. The first-order valence-electron chi connectivity index (χ1n) is 5.85. The molecule has 6 heteroatoms. The van der Waals surface area contributed by atoms with Crippen LogP contribution in [0, 0.1) is 0 Å². The van der Waals surface area contributed by atoms with Gasteiger partial charge in [-0.15, -0.1) is 0 Å². The van der Waals surface area contributed by atoms with E-state index in [1.165, 1.54) is 0 Å². The Morgan fingerprint density at radius 3 is 1.50 bits per heavy atom. The first-order chi connectivity index (χ1) is 8.51. The number of hydrogen-bond donors (Lipinski definition) is 0. The highest BCUT2D eigenvalue weighted by Gasteiger charge is 2.11. The molecule has 0 aromatic carbocycles. The number of hydrogen-bond acceptors (Lipinski definition) is 4. The van der Waals surface area contributed by atoms with Crippen molar-refractivity contribution in [2.45, 2.75) is 39.5 Å². The van der Waals surface area contributed by atoms with E-state index >= 15 is 0 Å². The van der Waals surface area contributed by atoms with Crippen molar-refractivity contribution in [1.82, 2.24) is 0 Å². The summed E-state index contributed by atoms with van der Waals surface area (Å²) in [5, 5.41) is 0. The molecule has 0 fully saturated rings. The lowest BCUT2D eigenvalue weighted by Crippen LogP contribution is -2.06. The first kappa shape index (κ1) is 17.3. The molecule has 4 nitrogen and oxygen atoms in total. The van der Waals surface area contributed by atoms with Gasteiger partial charge in [-0.05, 0) is 32.3 Å². The van der Waals surface area contributed by atoms with E-state index in [-0.39, 0.29) is 29.3 Å². The largest absolute Gasteiger partial charge is 0.466 e. The van der Waals surface area contributed by atoms with Gasteiger partial charge >= 0.3 is 11.9 Å². The van der Waals surface area contributed by atoms with Crippen LogP contribution in [-0.2, 0) is 19.1 Å². The van der Waals surface area contributed by atoms with Gasteiger partial charge in [-0.1, -0.05) is 23.2 Å². The third-order valence-electron chi connectivity index (χ3n) is 2.14. The Balaban J connectivity index is 4.14. The van der Waals surface area contributed by atoms with E-state index in [0.717, 1.165) is 0 Å². The number of esters is 2. The number of ether oxygens (including phenoxy) is 2. The topological polar surface area (TPSA) is 52.6 Å². The number of rotatable bonds is 8. The SMILES string of the molecule is CCOC(=O)CCC(CCC(=O)OCC)=C(Cl)Cl. The lowest BCUT2D eigenvalue weighted by Gasteiger charge is -2.07. The lowest BCUT2D eigenvalue weighted by molar-refractivity contribution is -0.143. The molecule has 0 aliphatic carbocycles. The second kappa shape index (κ2) is 10.2. The van der Waals surface area contributed by atoms with E-state index in [1.54, 1.807) is 13.8 Å². The molecule has 0 heterocycles. The molecule has 0 saturated carbocycles. The van der Waals surface area contributed by atoms with Crippen LogP contribution in [0.1, 0.15) is 39.5 Å². The average Bonchev–Trinajstić information content (AvgIpc) is 2.29. The lowest BCUT2D eigenvalue weighted by atomic mass is 10.1. The standard InChI is InChI=1S/C12H18Cl2O4/c1-3-17-10(15)7-5-9(12(13)14)6-8-11(16)18-4-2/h3-8H2,1-2H3. The smallest absolute Gasteiger partial charge is 0.306 e. The predicted octanol–water partition coefficient (Wildman–Crippen LogP) is 3.36. The van der Waals surface area contributed by atoms with Gasteiger partial charge in [0.15, 0.2) is 0 Å². The number of allylic oxidation sites excluding steroid dienone is 1. The van der Waals surface area contributed by atoms with Crippen molar-refractivity contribution in [1.29, 1.82) is 0 Å². The van der Waals surface area contributed by atoms with Crippen molar-refractivity contribution in [3.8, 4) is 0 Å². The summed E-state index contributed by atoms with van der Waals surface area (Å²) in [6, 6.07) is 0. The molecule has 0 aromatic heterocycles. The molecule has 18 heavy (non-hydrogen) atoms. The summed E-state index contributed by atoms with van der Waals surface area (Å²) in [5.74, 6) is -0.610. The summed E-state index contributed by atoms with van der Waals surface area (Å²) in [4.78, 5) is 22.4. The van der Waals surface area contributed by atoms with Crippen LogP contribution >= 0.6 is 23.2 Å². The van der Waals surface area contributed by atoms with Gasteiger partial charge in [0.05, 0.1) is 13.2 Å². The molecule has 104 valence electrons. The van der Waals surface area contributed by atoms with Crippen molar-refractivity contribution < 1.29 is 19.1 Å². The maximum Gasteiger partial charge on any atom is 0.306 e. The summed E-state index contributed by atoms with van der Waals surface area (Å²) >= 11 is 11.4. The summed E-state index contributed by atoms with van der Waals surface area (Å²) in [5.41, 5.74) is 0.666. The van der Waals surface area contributed by atoms with Gasteiger partial charge in [-0.2, -0.15) is 0 Å². The van der Waals surface area contributed by atoms with Crippen LogP contribution in [0.15, 0.2) is 10.1 Å². The maximum absolute atomic E-state index is 11.2.